The highest BCUT2D eigenvalue weighted by Crippen LogP contribution is 2.38. The molecule has 0 bridgehead atoms. The van der Waals surface area contributed by atoms with Crippen LogP contribution >= 0.6 is 11.6 Å². The summed E-state index contributed by atoms with van der Waals surface area (Å²) in [6.45, 7) is 1.65. The lowest BCUT2D eigenvalue weighted by molar-refractivity contribution is -0.386. The molecule has 88 valence electrons. The topological polar surface area (TPSA) is 61.0 Å². The second-order valence-corrected chi connectivity index (χ2v) is 4.88. The maximum absolute atomic E-state index is 10.9. The monoisotopic (exact) mass is 243 g/mol. The molecule has 2 rings (SSSR count). The Morgan fingerprint density at radius 1 is 1.69 bits per heavy atom. The molecule has 0 aromatic carbocycles. The molecule has 6 heteroatoms. The summed E-state index contributed by atoms with van der Waals surface area (Å²) in [6, 6.07) is 0. The number of aromatic nitrogens is 2. The van der Waals surface area contributed by atoms with Crippen molar-refractivity contribution < 1.29 is 4.92 Å². The first kappa shape index (κ1) is 11.4. The van der Waals surface area contributed by atoms with E-state index in [1.54, 1.807) is 18.7 Å². The van der Waals surface area contributed by atoms with Crippen LogP contribution in [0.5, 0.6) is 0 Å². The molecule has 1 aliphatic carbocycles. The van der Waals surface area contributed by atoms with Crippen LogP contribution in [0.4, 0.5) is 5.69 Å². The van der Waals surface area contributed by atoms with Crippen molar-refractivity contribution in [2.75, 3.05) is 0 Å². The lowest BCUT2D eigenvalue weighted by Gasteiger charge is -2.07. The number of hydrogen-bond acceptors (Lipinski definition) is 3. The molecule has 0 radical (unpaired) electrons. The maximum atomic E-state index is 10.9. The lowest BCUT2D eigenvalue weighted by Crippen LogP contribution is -2.11. The molecule has 16 heavy (non-hydrogen) atoms. The van der Waals surface area contributed by atoms with Crippen LogP contribution in [0.25, 0.3) is 0 Å². The first-order valence-electron chi connectivity index (χ1n) is 5.31. The van der Waals surface area contributed by atoms with Gasteiger partial charge < -0.3 is 0 Å². The number of rotatable bonds is 4. The number of nitro groups is 1. The highest BCUT2D eigenvalue weighted by Gasteiger charge is 2.33. The van der Waals surface area contributed by atoms with Crippen LogP contribution in [0.3, 0.4) is 0 Å². The van der Waals surface area contributed by atoms with Gasteiger partial charge in [-0.3, -0.25) is 14.8 Å². The van der Waals surface area contributed by atoms with E-state index in [4.69, 9.17) is 11.6 Å². The molecular formula is C10H14ClN3O2. The van der Waals surface area contributed by atoms with Gasteiger partial charge in [-0.05, 0) is 25.7 Å². The van der Waals surface area contributed by atoms with Crippen molar-refractivity contribution in [2.45, 2.75) is 31.6 Å². The van der Waals surface area contributed by atoms with E-state index < -0.39 is 0 Å². The highest BCUT2D eigenvalue weighted by molar-refractivity contribution is 6.21. The van der Waals surface area contributed by atoms with Gasteiger partial charge in [0.25, 0.3) is 0 Å². The van der Waals surface area contributed by atoms with Gasteiger partial charge in [-0.2, -0.15) is 5.10 Å². The lowest BCUT2D eigenvalue weighted by atomic mass is 10.1. The quantitative estimate of drug-likeness (QED) is 0.463. The van der Waals surface area contributed by atoms with Gasteiger partial charge in [0.15, 0.2) is 0 Å². The van der Waals surface area contributed by atoms with Crippen LogP contribution in [0.2, 0.25) is 0 Å². The number of nitrogens with zero attached hydrogens (tertiary/aromatic N) is 3. The molecule has 0 spiro atoms. The molecule has 0 amide bonds. The Balaban J connectivity index is 2.27. The summed E-state index contributed by atoms with van der Waals surface area (Å²) in [5, 5.41) is 15.0. The van der Waals surface area contributed by atoms with E-state index >= 15 is 0 Å². The Morgan fingerprint density at radius 3 is 2.81 bits per heavy atom. The smallest absolute Gasteiger partial charge is 0.265 e. The fourth-order valence-corrected chi connectivity index (χ4v) is 2.37. The minimum atomic E-state index is -0.367. The zero-order valence-corrected chi connectivity index (χ0v) is 10.1. The van der Waals surface area contributed by atoms with E-state index in [-0.39, 0.29) is 16.0 Å². The molecule has 1 unspecified atom stereocenters. The van der Waals surface area contributed by atoms with Crippen LogP contribution in [0, 0.1) is 23.0 Å². The summed E-state index contributed by atoms with van der Waals surface area (Å²) in [4.78, 5) is 10.6. The summed E-state index contributed by atoms with van der Waals surface area (Å²) in [5.74, 6) is 0.525. The predicted molar refractivity (Wildman–Crippen MR) is 60.7 cm³/mol. The molecule has 5 nitrogen and oxygen atoms in total. The molecule has 1 atom stereocenters. The fourth-order valence-electron chi connectivity index (χ4n) is 1.97. The summed E-state index contributed by atoms with van der Waals surface area (Å²) >= 11 is 6.21. The van der Waals surface area contributed by atoms with Crippen molar-refractivity contribution in [3.63, 3.8) is 0 Å². The SMILES string of the molecule is Cc1nn(C)c(CC(Cl)C2CC2)c1[N+](=O)[O-]. The third-order valence-corrected chi connectivity index (χ3v) is 3.52. The molecule has 1 heterocycles. The highest BCUT2D eigenvalue weighted by atomic mass is 35.5. The summed E-state index contributed by atoms with van der Waals surface area (Å²) in [5.41, 5.74) is 1.21. The Morgan fingerprint density at radius 2 is 2.31 bits per heavy atom. The molecular weight excluding hydrogens is 230 g/mol. The summed E-state index contributed by atoms with van der Waals surface area (Å²) < 4.78 is 1.57. The molecule has 1 fully saturated rings. The largest absolute Gasteiger partial charge is 0.313 e. The van der Waals surface area contributed by atoms with Crippen molar-refractivity contribution in [3.05, 3.63) is 21.5 Å². The third-order valence-electron chi connectivity index (χ3n) is 3.01. The van der Waals surface area contributed by atoms with Crippen molar-refractivity contribution in [1.29, 1.82) is 0 Å². The van der Waals surface area contributed by atoms with Gasteiger partial charge in [-0.1, -0.05) is 0 Å². The molecule has 1 saturated carbocycles. The number of aryl methyl sites for hydroxylation is 2. The van der Waals surface area contributed by atoms with Crippen LogP contribution in [0.1, 0.15) is 24.2 Å². The maximum Gasteiger partial charge on any atom is 0.313 e. The zero-order chi connectivity index (χ0) is 11.9. The third kappa shape index (κ3) is 2.04. The van der Waals surface area contributed by atoms with E-state index in [9.17, 15) is 10.1 Å². The van der Waals surface area contributed by atoms with Gasteiger partial charge >= 0.3 is 5.69 Å². The predicted octanol–water partition coefficient (Wildman–Crippen LogP) is 2.20. The van der Waals surface area contributed by atoms with Crippen molar-refractivity contribution >= 4 is 17.3 Å². The number of alkyl halides is 1. The van der Waals surface area contributed by atoms with Crippen LogP contribution < -0.4 is 0 Å². The van der Waals surface area contributed by atoms with Gasteiger partial charge in [0.1, 0.15) is 11.4 Å². The van der Waals surface area contributed by atoms with Crippen molar-refractivity contribution in [1.82, 2.24) is 9.78 Å². The van der Waals surface area contributed by atoms with E-state index in [0.717, 1.165) is 12.8 Å². The Hall–Kier alpha value is -1.10. The number of halogens is 1. The van der Waals surface area contributed by atoms with Crippen molar-refractivity contribution in [2.24, 2.45) is 13.0 Å². The zero-order valence-electron chi connectivity index (χ0n) is 9.31. The average Bonchev–Trinajstić information content (AvgIpc) is 2.95. The van der Waals surface area contributed by atoms with E-state index in [1.165, 1.54) is 0 Å². The molecule has 0 N–H and O–H groups in total. The molecule has 0 saturated heterocycles. The van der Waals surface area contributed by atoms with Gasteiger partial charge in [0.2, 0.25) is 0 Å². The average molecular weight is 244 g/mol. The van der Waals surface area contributed by atoms with E-state index in [2.05, 4.69) is 5.10 Å². The fraction of sp³-hybridized carbons (Fsp3) is 0.700. The second kappa shape index (κ2) is 4.05. The Bertz CT molecular complexity index is 426. The standard InChI is InChI=1S/C10H14ClN3O2/c1-6-10(14(15)16)9(13(2)12-6)5-8(11)7-3-4-7/h7-8H,3-5H2,1-2H3. The first-order valence-corrected chi connectivity index (χ1v) is 5.75. The molecule has 1 aromatic heterocycles. The van der Waals surface area contributed by atoms with Crippen LogP contribution in [-0.2, 0) is 13.5 Å². The normalized spacial score (nSPS) is 17.4. The van der Waals surface area contributed by atoms with Crippen molar-refractivity contribution in [3.8, 4) is 0 Å². The van der Waals surface area contributed by atoms with E-state index in [1.807, 2.05) is 0 Å². The second-order valence-electron chi connectivity index (χ2n) is 4.32. The molecule has 1 aliphatic rings. The van der Waals surface area contributed by atoms with Gasteiger partial charge in [-0.25, -0.2) is 0 Å². The first-order chi connectivity index (χ1) is 7.50. The minimum Gasteiger partial charge on any atom is -0.265 e. The van der Waals surface area contributed by atoms with Gasteiger partial charge in [-0.15, -0.1) is 11.6 Å². The van der Waals surface area contributed by atoms with Gasteiger partial charge in [0, 0.05) is 18.8 Å². The van der Waals surface area contributed by atoms with E-state index in [0.29, 0.717) is 23.7 Å². The minimum absolute atomic E-state index is 0.00602. The Labute approximate surface area is 98.5 Å². The summed E-state index contributed by atoms with van der Waals surface area (Å²) in [7, 11) is 1.73. The van der Waals surface area contributed by atoms with Crippen LogP contribution in [-0.4, -0.2) is 20.1 Å². The van der Waals surface area contributed by atoms with Crippen LogP contribution in [0.15, 0.2) is 0 Å². The van der Waals surface area contributed by atoms with Gasteiger partial charge in [0.05, 0.1) is 4.92 Å². The summed E-state index contributed by atoms with van der Waals surface area (Å²) in [6.07, 6.45) is 2.80. The molecule has 0 aliphatic heterocycles. The Kier molecular flexibility index (Phi) is 2.88. The molecule has 1 aromatic rings. The number of hydrogen-bond donors (Lipinski definition) is 0.